The van der Waals surface area contributed by atoms with Crippen LogP contribution >= 0.6 is 0 Å². The molecular formula is C16H25FN2. The van der Waals surface area contributed by atoms with Crippen molar-refractivity contribution in [3.8, 4) is 0 Å². The van der Waals surface area contributed by atoms with Crippen LogP contribution < -0.4 is 5.73 Å². The first-order valence-corrected chi connectivity index (χ1v) is 7.27. The highest BCUT2D eigenvalue weighted by molar-refractivity contribution is 5.25. The van der Waals surface area contributed by atoms with Crippen LogP contribution in [0.25, 0.3) is 0 Å². The van der Waals surface area contributed by atoms with Crippen molar-refractivity contribution in [3.05, 3.63) is 35.1 Å². The molecule has 106 valence electrons. The van der Waals surface area contributed by atoms with E-state index in [4.69, 9.17) is 5.73 Å². The zero-order chi connectivity index (χ0) is 13.8. The van der Waals surface area contributed by atoms with E-state index in [0.29, 0.717) is 11.6 Å². The summed E-state index contributed by atoms with van der Waals surface area (Å²) in [5.41, 5.74) is 7.32. The van der Waals surface area contributed by atoms with Gasteiger partial charge in [0, 0.05) is 24.7 Å². The van der Waals surface area contributed by atoms with E-state index in [1.165, 1.54) is 31.7 Å². The smallest absolute Gasteiger partial charge is 0.127 e. The van der Waals surface area contributed by atoms with Crippen LogP contribution in [0.2, 0.25) is 0 Å². The van der Waals surface area contributed by atoms with Crippen LogP contribution in [0.3, 0.4) is 0 Å². The Labute approximate surface area is 115 Å². The van der Waals surface area contributed by atoms with Gasteiger partial charge < -0.3 is 5.73 Å². The third-order valence-electron chi connectivity index (χ3n) is 4.37. The molecule has 0 heterocycles. The Kier molecular flexibility index (Phi) is 4.94. The van der Waals surface area contributed by atoms with Crippen LogP contribution in [0.5, 0.6) is 0 Å². The topological polar surface area (TPSA) is 29.3 Å². The third kappa shape index (κ3) is 3.77. The fourth-order valence-corrected chi connectivity index (χ4v) is 2.98. The Hall–Kier alpha value is -0.930. The Bertz CT molecular complexity index is 411. The van der Waals surface area contributed by atoms with Gasteiger partial charge in [0.15, 0.2) is 0 Å². The summed E-state index contributed by atoms with van der Waals surface area (Å²) >= 11 is 0. The minimum Gasteiger partial charge on any atom is -0.326 e. The number of hydrogen-bond donors (Lipinski definition) is 1. The molecule has 0 aromatic heterocycles. The number of rotatable bonds is 4. The Morgan fingerprint density at radius 2 is 1.95 bits per heavy atom. The molecule has 0 radical (unpaired) electrons. The van der Waals surface area contributed by atoms with Gasteiger partial charge in [-0.25, -0.2) is 4.39 Å². The largest absolute Gasteiger partial charge is 0.326 e. The summed E-state index contributed by atoms with van der Waals surface area (Å²) in [5.74, 6) is 0.680. The molecular weight excluding hydrogens is 239 g/mol. The molecule has 0 atom stereocenters. The van der Waals surface area contributed by atoms with Gasteiger partial charge in [-0.3, -0.25) is 4.90 Å². The number of nitrogens with two attached hydrogens (primary N) is 1. The van der Waals surface area contributed by atoms with Gasteiger partial charge in [-0.05, 0) is 50.3 Å². The first-order valence-electron chi connectivity index (χ1n) is 7.27. The second kappa shape index (κ2) is 6.49. The van der Waals surface area contributed by atoms with Crippen molar-refractivity contribution >= 4 is 0 Å². The van der Waals surface area contributed by atoms with Crippen molar-refractivity contribution in [1.82, 2.24) is 4.90 Å². The summed E-state index contributed by atoms with van der Waals surface area (Å²) in [4.78, 5) is 2.40. The molecule has 1 saturated carbocycles. The first-order chi connectivity index (χ1) is 9.10. The van der Waals surface area contributed by atoms with Gasteiger partial charge >= 0.3 is 0 Å². The summed E-state index contributed by atoms with van der Waals surface area (Å²) < 4.78 is 13.4. The van der Waals surface area contributed by atoms with Crippen LogP contribution in [0, 0.1) is 11.7 Å². The molecule has 0 bridgehead atoms. The van der Waals surface area contributed by atoms with Crippen LogP contribution in [0.15, 0.2) is 18.2 Å². The van der Waals surface area contributed by atoms with E-state index in [9.17, 15) is 4.39 Å². The number of halogens is 1. The molecule has 2 N–H and O–H groups in total. The molecule has 3 heteroatoms. The molecule has 1 aliphatic rings. The second-order valence-corrected chi connectivity index (χ2v) is 5.96. The molecule has 0 spiro atoms. The molecule has 2 rings (SSSR count). The lowest BCUT2D eigenvalue weighted by Gasteiger charge is -2.33. The predicted octanol–water partition coefficient (Wildman–Crippen LogP) is 3.29. The number of benzene rings is 1. The maximum absolute atomic E-state index is 13.4. The zero-order valence-electron chi connectivity index (χ0n) is 12.0. The lowest BCUT2D eigenvalue weighted by molar-refractivity contribution is 0.164. The van der Waals surface area contributed by atoms with Gasteiger partial charge in [0.25, 0.3) is 0 Å². The second-order valence-electron chi connectivity index (χ2n) is 5.96. The van der Waals surface area contributed by atoms with Crippen molar-refractivity contribution in [2.75, 3.05) is 7.05 Å². The van der Waals surface area contributed by atoms with E-state index in [1.54, 1.807) is 0 Å². The molecule has 19 heavy (non-hydrogen) atoms. The van der Waals surface area contributed by atoms with Crippen LogP contribution in [-0.4, -0.2) is 18.0 Å². The van der Waals surface area contributed by atoms with Gasteiger partial charge in [-0.2, -0.15) is 0 Å². The SMILES string of the molecule is CC1CCC(N(C)Cc2ccc(F)c(CN)c2)CC1. The highest BCUT2D eigenvalue weighted by atomic mass is 19.1. The fraction of sp³-hybridized carbons (Fsp3) is 0.625. The average Bonchev–Trinajstić information content (AvgIpc) is 2.41. The lowest BCUT2D eigenvalue weighted by Crippen LogP contribution is -2.34. The number of nitrogens with zero attached hydrogens (tertiary/aromatic N) is 1. The van der Waals surface area contributed by atoms with E-state index < -0.39 is 0 Å². The fourth-order valence-electron chi connectivity index (χ4n) is 2.98. The third-order valence-corrected chi connectivity index (χ3v) is 4.37. The van der Waals surface area contributed by atoms with Crippen molar-refractivity contribution in [1.29, 1.82) is 0 Å². The average molecular weight is 264 g/mol. The molecule has 1 aromatic rings. The van der Waals surface area contributed by atoms with Crippen molar-refractivity contribution in [2.24, 2.45) is 11.7 Å². The maximum atomic E-state index is 13.4. The lowest BCUT2D eigenvalue weighted by atomic mass is 9.86. The summed E-state index contributed by atoms with van der Waals surface area (Å²) in [7, 11) is 2.17. The van der Waals surface area contributed by atoms with Crippen molar-refractivity contribution in [3.63, 3.8) is 0 Å². The summed E-state index contributed by atoms with van der Waals surface area (Å²) in [6.07, 6.45) is 5.21. The molecule has 1 fully saturated rings. The molecule has 0 unspecified atom stereocenters. The Balaban J connectivity index is 1.96. The van der Waals surface area contributed by atoms with E-state index in [2.05, 4.69) is 18.9 Å². The van der Waals surface area contributed by atoms with Crippen LogP contribution in [0.4, 0.5) is 4.39 Å². The van der Waals surface area contributed by atoms with Gasteiger partial charge in [-0.15, -0.1) is 0 Å². The molecule has 0 saturated heterocycles. The summed E-state index contributed by atoms with van der Waals surface area (Å²) in [6, 6.07) is 5.98. The minimum absolute atomic E-state index is 0.194. The molecule has 1 aliphatic carbocycles. The van der Waals surface area contributed by atoms with Crippen molar-refractivity contribution in [2.45, 2.75) is 51.7 Å². The number of hydrogen-bond acceptors (Lipinski definition) is 2. The Morgan fingerprint density at radius 1 is 1.26 bits per heavy atom. The summed E-state index contributed by atoms with van der Waals surface area (Å²) in [5, 5.41) is 0. The monoisotopic (exact) mass is 264 g/mol. The predicted molar refractivity (Wildman–Crippen MR) is 77.2 cm³/mol. The molecule has 0 aliphatic heterocycles. The van der Waals surface area contributed by atoms with Gasteiger partial charge in [0.05, 0.1) is 0 Å². The van der Waals surface area contributed by atoms with E-state index in [-0.39, 0.29) is 12.4 Å². The highest BCUT2D eigenvalue weighted by Gasteiger charge is 2.21. The van der Waals surface area contributed by atoms with Crippen molar-refractivity contribution < 1.29 is 4.39 Å². The van der Waals surface area contributed by atoms with Crippen LogP contribution in [-0.2, 0) is 13.1 Å². The quantitative estimate of drug-likeness (QED) is 0.904. The maximum Gasteiger partial charge on any atom is 0.127 e. The van der Waals surface area contributed by atoms with E-state index in [0.717, 1.165) is 18.0 Å². The normalized spacial score (nSPS) is 23.8. The van der Waals surface area contributed by atoms with Gasteiger partial charge in [-0.1, -0.05) is 19.1 Å². The van der Waals surface area contributed by atoms with Gasteiger partial charge in [0.2, 0.25) is 0 Å². The Morgan fingerprint density at radius 3 is 2.58 bits per heavy atom. The summed E-state index contributed by atoms with van der Waals surface area (Å²) in [6.45, 7) is 3.49. The molecule has 2 nitrogen and oxygen atoms in total. The van der Waals surface area contributed by atoms with Crippen LogP contribution in [0.1, 0.15) is 43.7 Å². The van der Waals surface area contributed by atoms with E-state index in [1.807, 2.05) is 12.1 Å². The van der Waals surface area contributed by atoms with E-state index >= 15 is 0 Å². The zero-order valence-corrected chi connectivity index (χ0v) is 12.0. The standard InChI is InChI=1S/C16H25FN2/c1-12-3-6-15(7-4-12)19(2)11-13-5-8-16(17)14(9-13)10-18/h5,8-9,12,15H,3-4,6-7,10-11,18H2,1-2H3. The minimum atomic E-state index is -0.194. The molecule has 0 amide bonds. The first kappa shape index (κ1) is 14.5. The highest BCUT2D eigenvalue weighted by Crippen LogP contribution is 2.27. The molecule has 1 aromatic carbocycles. The van der Waals surface area contributed by atoms with Gasteiger partial charge in [0.1, 0.15) is 5.82 Å².